The Kier molecular flexibility index (Phi) is 10.9. The third-order valence-corrected chi connectivity index (χ3v) is 4.16. The number of piperazine rings is 1. The fourth-order valence-corrected chi connectivity index (χ4v) is 2.69. The summed E-state index contributed by atoms with van der Waals surface area (Å²) in [5, 5.41) is 10.2. The lowest BCUT2D eigenvalue weighted by atomic mass is 10.1. The maximum atomic E-state index is 10.2. The molecule has 0 aliphatic carbocycles. The Hall–Kier alpha value is -0.520. The second kappa shape index (κ2) is 11.1. The van der Waals surface area contributed by atoms with Crippen LogP contribution in [0.15, 0.2) is 18.2 Å². The molecule has 1 saturated heterocycles. The van der Waals surface area contributed by atoms with Gasteiger partial charge in [0.1, 0.15) is 18.5 Å². The van der Waals surface area contributed by atoms with Crippen LogP contribution in [0.25, 0.3) is 0 Å². The van der Waals surface area contributed by atoms with Gasteiger partial charge in [0.2, 0.25) is 0 Å². The first-order valence-electron chi connectivity index (χ1n) is 7.91. The largest absolute Gasteiger partial charge is 0.491 e. The molecule has 1 aliphatic rings. The van der Waals surface area contributed by atoms with Crippen LogP contribution in [0.2, 0.25) is 0 Å². The highest BCUT2D eigenvalue weighted by Gasteiger charge is 2.18. The molecule has 0 aromatic heterocycles. The number of halogens is 2. The zero-order valence-electron chi connectivity index (χ0n) is 14.3. The molecule has 0 amide bonds. The van der Waals surface area contributed by atoms with Gasteiger partial charge in [-0.3, -0.25) is 4.90 Å². The third kappa shape index (κ3) is 7.27. The van der Waals surface area contributed by atoms with Crippen LogP contribution in [0.5, 0.6) is 5.75 Å². The normalized spacial score (nSPS) is 17.0. The van der Waals surface area contributed by atoms with Crippen LogP contribution in [0.3, 0.4) is 0 Å². The first-order chi connectivity index (χ1) is 10.1. The van der Waals surface area contributed by atoms with Crippen molar-refractivity contribution in [2.45, 2.75) is 26.9 Å². The number of β-amino-alcohol motifs (C(OH)–C–C–N with tert-alkyl or cyclic N) is 1. The van der Waals surface area contributed by atoms with Gasteiger partial charge in [-0.15, -0.1) is 24.8 Å². The van der Waals surface area contributed by atoms with Crippen LogP contribution in [0.4, 0.5) is 0 Å². The Morgan fingerprint density at radius 2 is 1.70 bits per heavy atom. The van der Waals surface area contributed by atoms with Crippen LogP contribution in [0, 0.1) is 13.8 Å². The summed E-state index contributed by atoms with van der Waals surface area (Å²) in [5.41, 5.74) is 2.30. The lowest BCUT2D eigenvalue weighted by Gasteiger charge is -2.34. The molecule has 23 heavy (non-hydrogen) atoms. The number of rotatable bonds is 6. The molecule has 0 spiro atoms. The van der Waals surface area contributed by atoms with Gasteiger partial charge in [-0.05, 0) is 37.6 Å². The van der Waals surface area contributed by atoms with Crippen LogP contribution < -0.4 is 4.74 Å². The van der Waals surface area contributed by atoms with Crippen molar-refractivity contribution in [3.63, 3.8) is 0 Å². The first-order valence-corrected chi connectivity index (χ1v) is 7.91. The highest BCUT2D eigenvalue weighted by molar-refractivity contribution is 5.85. The van der Waals surface area contributed by atoms with Crippen LogP contribution in [-0.2, 0) is 0 Å². The number of nitrogens with zero attached hydrogens (tertiary/aromatic N) is 2. The summed E-state index contributed by atoms with van der Waals surface area (Å²) >= 11 is 0. The summed E-state index contributed by atoms with van der Waals surface area (Å²) in [6.07, 6.45) is -0.432. The highest BCUT2D eigenvalue weighted by Crippen LogP contribution is 2.19. The van der Waals surface area contributed by atoms with Crippen LogP contribution >= 0.6 is 24.8 Å². The van der Waals surface area contributed by atoms with Gasteiger partial charge in [-0.2, -0.15) is 0 Å². The van der Waals surface area contributed by atoms with E-state index in [1.165, 1.54) is 5.56 Å². The lowest BCUT2D eigenvalue weighted by Crippen LogP contribution is -2.49. The van der Waals surface area contributed by atoms with Gasteiger partial charge in [0.25, 0.3) is 0 Å². The fraction of sp³-hybridized carbons (Fsp3) is 0.647. The minimum Gasteiger partial charge on any atom is -0.491 e. The van der Waals surface area contributed by atoms with Crippen LogP contribution in [-0.4, -0.2) is 66.9 Å². The summed E-state index contributed by atoms with van der Waals surface area (Å²) in [7, 11) is 0. The van der Waals surface area contributed by atoms with Gasteiger partial charge in [0.05, 0.1) is 0 Å². The Morgan fingerprint density at radius 3 is 2.30 bits per heavy atom. The molecule has 134 valence electrons. The van der Waals surface area contributed by atoms with Gasteiger partial charge < -0.3 is 14.7 Å². The Balaban J connectivity index is 0.00000242. The molecule has 1 aliphatic heterocycles. The molecule has 2 rings (SSSR count). The molecule has 4 nitrogen and oxygen atoms in total. The van der Waals surface area contributed by atoms with Crippen molar-refractivity contribution in [1.29, 1.82) is 0 Å². The molecule has 0 bridgehead atoms. The third-order valence-electron chi connectivity index (χ3n) is 4.16. The van der Waals surface area contributed by atoms with Crippen molar-refractivity contribution in [2.24, 2.45) is 0 Å². The predicted molar refractivity (Wildman–Crippen MR) is 100 cm³/mol. The molecule has 1 heterocycles. The molecule has 1 unspecified atom stereocenters. The minimum atomic E-state index is -0.432. The molecule has 1 atom stereocenters. The average molecular weight is 365 g/mol. The molecule has 6 heteroatoms. The summed E-state index contributed by atoms with van der Waals surface area (Å²) in [5.74, 6) is 0.879. The number of hydrogen-bond acceptors (Lipinski definition) is 4. The monoisotopic (exact) mass is 364 g/mol. The van der Waals surface area contributed by atoms with E-state index in [0.29, 0.717) is 13.2 Å². The summed E-state index contributed by atoms with van der Waals surface area (Å²) in [6, 6.07) is 6.16. The van der Waals surface area contributed by atoms with Crippen molar-refractivity contribution < 1.29 is 9.84 Å². The topological polar surface area (TPSA) is 35.9 Å². The van der Waals surface area contributed by atoms with E-state index in [1.54, 1.807) is 0 Å². The zero-order valence-corrected chi connectivity index (χ0v) is 16.0. The molecular formula is C17H30Cl2N2O2. The smallest absolute Gasteiger partial charge is 0.122 e. The fourth-order valence-electron chi connectivity index (χ4n) is 2.69. The van der Waals surface area contributed by atoms with Gasteiger partial charge in [0, 0.05) is 32.7 Å². The first kappa shape index (κ1) is 22.5. The number of likely N-dealkylation sites (N-methyl/N-ethyl adjacent to an activating group) is 1. The maximum absolute atomic E-state index is 10.2. The van der Waals surface area contributed by atoms with E-state index in [4.69, 9.17) is 4.74 Å². The second-order valence-corrected chi connectivity index (χ2v) is 5.97. The second-order valence-electron chi connectivity index (χ2n) is 5.97. The van der Waals surface area contributed by atoms with E-state index >= 15 is 0 Å². The quantitative estimate of drug-likeness (QED) is 0.841. The summed E-state index contributed by atoms with van der Waals surface area (Å²) in [4.78, 5) is 4.76. The van der Waals surface area contributed by atoms with Crippen molar-refractivity contribution in [3.8, 4) is 5.75 Å². The Bertz CT molecular complexity index is 452. The van der Waals surface area contributed by atoms with E-state index in [0.717, 1.165) is 44.0 Å². The SMILES string of the molecule is CCN1CCN(CC(O)COc2cc(C)ccc2C)CC1.Cl.Cl. The standard InChI is InChI=1S/C17H28N2O2.2ClH/c1-4-18-7-9-19(10-8-18)12-16(20)13-21-17-11-14(2)5-6-15(17)3;;/h5-6,11,16,20H,4,7-10,12-13H2,1-3H3;2*1H. The molecule has 0 radical (unpaired) electrons. The van der Waals surface area contributed by atoms with Crippen molar-refractivity contribution in [2.75, 3.05) is 45.9 Å². The van der Waals surface area contributed by atoms with Gasteiger partial charge in [-0.1, -0.05) is 19.1 Å². The van der Waals surface area contributed by atoms with Crippen molar-refractivity contribution >= 4 is 24.8 Å². The molecular weight excluding hydrogens is 335 g/mol. The van der Waals surface area contributed by atoms with Gasteiger partial charge in [-0.25, -0.2) is 0 Å². The van der Waals surface area contributed by atoms with E-state index in [-0.39, 0.29) is 24.8 Å². The Morgan fingerprint density at radius 1 is 1.09 bits per heavy atom. The number of aliphatic hydroxyl groups is 1. The molecule has 1 aromatic carbocycles. The van der Waals surface area contributed by atoms with Crippen molar-refractivity contribution in [1.82, 2.24) is 9.80 Å². The number of ether oxygens (including phenoxy) is 1. The Labute approximate surface area is 152 Å². The number of aliphatic hydroxyl groups excluding tert-OH is 1. The summed E-state index contributed by atoms with van der Waals surface area (Å²) in [6.45, 7) is 12.7. The van der Waals surface area contributed by atoms with Gasteiger partial charge >= 0.3 is 0 Å². The van der Waals surface area contributed by atoms with E-state index in [2.05, 4.69) is 35.8 Å². The average Bonchev–Trinajstić information content (AvgIpc) is 2.49. The minimum absolute atomic E-state index is 0. The number of benzene rings is 1. The molecule has 0 saturated carbocycles. The lowest BCUT2D eigenvalue weighted by molar-refractivity contribution is 0.0469. The molecule has 1 fully saturated rings. The van der Waals surface area contributed by atoms with Crippen LogP contribution in [0.1, 0.15) is 18.1 Å². The molecule has 1 N–H and O–H groups in total. The van der Waals surface area contributed by atoms with E-state index in [9.17, 15) is 5.11 Å². The highest BCUT2D eigenvalue weighted by atomic mass is 35.5. The molecule has 1 aromatic rings. The zero-order chi connectivity index (χ0) is 15.2. The van der Waals surface area contributed by atoms with Gasteiger partial charge in [0.15, 0.2) is 0 Å². The predicted octanol–water partition coefficient (Wildman–Crippen LogP) is 2.52. The number of hydrogen-bond donors (Lipinski definition) is 1. The van der Waals surface area contributed by atoms with Crippen molar-refractivity contribution in [3.05, 3.63) is 29.3 Å². The van der Waals surface area contributed by atoms with E-state index in [1.807, 2.05) is 13.0 Å². The van der Waals surface area contributed by atoms with E-state index < -0.39 is 6.10 Å². The number of aryl methyl sites for hydroxylation is 2. The summed E-state index contributed by atoms with van der Waals surface area (Å²) < 4.78 is 5.78. The maximum Gasteiger partial charge on any atom is 0.122 e.